The Labute approximate surface area is 482 Å². The number of aliphatic carboxylic acids is 1. The SMILES string of the molecule is CC.CC(C)(C)OC(=O)N1CCC(C(=O)O)CC1.CC(C)c1ccc(N)nc1.CC(C)c1ccc(NC(=O)C2CCN(c3ccc(C#N)nn3)CC2)nc1.CC(C)c1ccc(NC(=O)C2CCNCC2)nc1.N#Cc1ccc(Cl)nn1. The molecule has 6 N–H and O–H groups in total. The molecular weight excluding hydrogens is 1050 g/mol. The van der Waals surface area contributed by atoms with E-state index in [1.54, 1.807) is 17.0 Å². The molecule has 0 spiro atoms. The van der Waals surface area contributed by atoms with Crippen LogP contribution in [0, 0.1) is 40.4 Å². The third-order valence-corrected chi connectivity index (χ3v) is 13.0. The van der Waals surface area contributed by atoms with Crippen molar-refractivity contribution in [2.24, 2.45) is 17.8 Å². The van der Waals surface area contributed by atoms with Gasteiger partial charge in [0.15, 0.2) is 22.4 Å². The number of carboxylic acids is 1. The zero-order valence-corrected chi connectivity index (χ0v) is 49.6. The summed E-state index contributed by atoms with van der Waals surface area (Å²) >= 11 is 5.39. The van der Waals surface area contributed by atoms with Crippen molar-refractivity contribution in [1.82, 2.24) is 45.6 Å². The first kappa shape index (κ1) is 67.4. The van der Waals surface area contributed by atoms with E-state index < -0.39 is 11.6 Å². The Bertz CT molecular complexity index is 2740. The van der Waals surface area contributed by atoms with Gasteiger partial charge < -0.3 is 41.3 Å². The van der Waals surface area contributed by atoms with Crippen LogP contribution in [0.1, 0.15) is 161 Å². The van der Waals surface area contributed by atoms with Gasteiger partial charge in [-0.1, -0.05) is 85.2 Å². The number of hydrogen-bond donors (Lipinski definition) is 5. The Kier molecular flexibility index (Phi) is 29.1. The minimum atomic E-state index is -0.774. The number of carboxylic acid groups (broad SMARTS) is 1. The maximum absolute atomic E-state index is 12.5. The molecule has 8 heterocycles. The third-order valence-electron chi connectivity index (χ3n) is 12.8. The zero-order chi connectivity index (χ0) is 60.1. The summed E-state index contributed by atoms with van der Waals surface area (Å²) in [6.45, 7) is 26.4. The van der Waals surface area contributed by atoms with E-state index in [1.165, 1.54) is 23.3 Å². The summed E-state index contributed by atoms with van der Waals surface area (Å²) in [6.07, 6.45) is 9.45. The molecule has 0 aliphatic carbocycles. The molecule has 0 radical (unpaired) electrons. The maximum atomic E-state index is 12.5. The first-order chi connectivity index (χ1) is 38.5. The molecule has 3 aliphatic heterocycles. The Morgan fingerprint density at radius 1 is 0.642 bits per heavy atom. The summed E-state index contributed by atoms with van der Waals surface area (Å²) in [5, 5.41) is 50.0. The molecule has 21 nitrogen and oxygen atoms in total. The Morgan fingerprint density at radius 2 is 1.09 bits per heavy atom. The van der Waals surface area contributed by atoms with Crippen LogP contribution in [0.5, 0.6) is 0 Å². The molecule has 0 unspecified atom stereocenters. The molecule has 22 heteroatoms. The van der Waals surface area contributed by atoms with Crippen LogP contribution in [-0.2, 0) is 19.1 Å². The normalized spacial score (nSPS) is 14.4. The number of nitrogens with two attached hydrogens (primary N) is 1. The lowest BCUT2D eigenvalue weighted by Crippen LogP contribution is -2.42. The second-order valence-corrected chi connectivity index (χ2v) is 21.4. The topological polar surface area (TPSA) is 304 Å². The summed E-state index contributed by atoms with van der Waals surface area (Å²) in [7, 11) is 0. The van der Waals surface area contributed by atoms with Gasteiger partial charge in [-0.25, -0.2) is 19.7 Å². The number of ether oxygens (including phenoxy) is 1. The van der Waals surface area contributed by atoms with E-state index in [1.807, 2.05) is 102 Å². The van der Waals surface area contributed by atoms with Gasteiger partial charge in [-0.15, -0.1) is 20.4 Å². The highest BCUT2D eigenvalue weighted by molar-refractivity contribution is 6.29. The average Bonchev–Trinajstić information content (AvgIpc) is 3.47. The number of piperidine rings is 3. The van der Waals surface area contributed by atoms with Crippen molar-refractivity contribution in [3.05, 3.63) is 112 Å². The molecule has 3 aliphatic rings. The lowest BCUT2D eigenvalue weighted by molar-refractivity contribution is -0.143. The molecule has 0 aromatic carbocycles. The van der Waals surface area contributed by atoms with Crippen molar-refractivity contribution >= 4 is 58.7 Å². The predicted molar refractivity (Wildman–Crippen MR) is 315 cm³/mol. The standard InChI is InChI=1S/C19H22N6O.C14H21N3O.C11H19NO4.C8H12N2.C5H2ClN3.C2H6/c1-13(2)15-3-5-17(21-12-15)22-19(26)14-7-9-25(10-8-14)18-6-4-16(11-20)23-24-18;1-10(2)12-3-4-13(16-9-12)17-14(18)11-5-7-15-8-6-11;1-11(2,3)16-10(15)12-6-4-8(5-7-12)9(13)14;1-6(2)7-3-4-8(9)10-5-7;6-5-2-1-4(3-7)8-9-5;1-2/h3-6,12-14H,7-10H2,1-2H3,(H,21,22,26);3-4,9-11,15H,5-8H2,1-2H3,(H,16,17,18);8H,4-7H2,1-3H3,(H,13,14);3-6H,1-2H3,(H2,9,10);1-2H;1-2H3. The van der Waals surface area contributed by atoms with E-state index in [2.05, 4.69) is 97.7 Å². The van der Waals surface area contributed by atoms with Crippen LogP contribution < -0.4 is 26.6 Å². The number of aromatic nitrogens is 7. The maximum Gasteiger partial charge on any atom is 0.410 e. The number of nitriles is 2. The monoisotopic (exact) mass is 1130 g/mol. The molecular formula is C59H82ClN15O6. The van der Waals surface area contributed by atoms with Crippen LogP contribution in [-0.4, -0.2) is 114 Å². The Morgan fingerprint density at radius 3 is 1.46 bits per heavy atom. The molecule has 0 saturated carbocycles. The molecule has 0 atom stereocenters. The Hall–Kier alpha value is -7.88. The van der Waals surface area contributed by atoms with Gasteiger partial charge in [0, 0.05) is 56.6 Å². The summed E-state index contributed by atoms with van der Waals surface area (Å²) < 4.78 is 5.21. The second-order valence-electron chi connectivity index (χ2n) is 21.0. The van der Waals surface area contributed by atoms with Crippen molar-refractivity contribution in [1.29, 1.82) is 10.5 Å². The van der Waals surface area contributed by atoms with E-state index in [0.717, 1.165) is 63.2 Å². The first-order valence-electron chi connectivity index (χ1n) is 27.6. The van der Waals surface area contributed by atoms with Crippen molar-refractivity contribution in [3.8, 4) is 12.1 Å². The van der Waals surface area contributed by atoms with Gasteiger partial charge in [0.2, 0.25) is 11.8 Å². The lowest BCUT2D eigenvalue weighted by atomic mass is 9.96. The molecule has 5 aromatic heterocycles. The number of halogens is 1. The van der Waals surface area contributed by atoms with Crippen molar-refractivity contribution in [2.45, 2.75) is 138 Å². The quantitative estimate of drug-likeness (QED) is 0.0916. The highest BCUT2D eigenvalue weighted by atomic mass is 35.5. The second kappa shape index (κ2) is 35.0. The fourth-order valence-electron chi connectivity index (χ4n) is 7.88. The van der Waals surface area contributed by atoms with E-state index in [0.29, 0.717) is 72.0 Å². The molecule has 3 saturated heterocycles. The number of carbonyl (C=O) groups excluding carboxylic acids is 3. The number of carbonyl (C=O) groups is 4. The number of rotatable bonds is 9. The Balaban J connectivity index is 0.000000277. The first-order valence-corrected chi connectivity index (χ1v) is 28.0. The molecule has 0 bridgehead atoms. The lowest BCUT2D eigenvalue weighted by Gasteiger charge is -2.32. The molecule has 3 amide bonds. The van der Waals surface area contributed by atoms with Gasteiger partial charge in [0.25, 0.3) is 0 Å². The van der Waals surface area contributed by atoms with Crippen LogP contribution in [0.3, 0.4) is 0 Å². The molecule has 436 valence electrons. The number of hydrogen-bond acceptors (Lipinski definition) is 17. The molecule has 81 heavy (non-hydrogen) atoms. The third kappa shape index (κ3) is 25.0. The molecule has 8 rings (SSSR count). The predicted octanol–water partition coefficient (Wildman–Crippen LogP) is 10.4. The van der Waals surface area contributed by atoms with Crippen LogP contribution in [0.4, 0.5) is 28.1 Å². The van der Waals surface area contributed by atoms with Crippen LogP contribution in [0.15, 0.2) is 79.3 Å². The number of nitrogen functional groups attached to an aromatic ring is 1. The summed E-state index contributed by atoms with van der Waals surface area (Å²) in [4.78, 5) is 63.1. The van der Waals surface area contributed by atoms with E-state index in [4.69, 9.17) is 37.7 Å². The van der Waals surface area contributed by atoms with Gasteiger partial charge in [-0.2, -0.15) is 10.5 Å². The summed E-state index contributed by atoms with van der Waals surface area (Å²) in [6, 6.07) is 21.9. The van der Waals surface area contributed by atoms with Crippen LogP contribution in [0.25, 0.3) is 0 Å². The van der Waals surface area contributed by atoms with Crippen molar-refractivity contribution < 1.29 is 29.0 Å². The highest BCUT2D eigenvalue weighted by Crippen LogP contribution is 2.24. The minimum Gasteiger partial charge on any atom is -0.481 e. The van der Waals surface area contributed by atoms with Gasteiger partial charge in [0.05, 0.1) is 5.92 Å². The molecule has 5 aromatic rings. The fraction of sp³-hybridized carbons (Fsp3) is 0.508. The van der Waals surface area contributed by atoms with Crippen molar-refractivity contribution in [3.63, 3.8) is 0 Å². The van der Waals surface area contributed by atoms with Crippen LogP contribution in [0.2, 0.25) is 5.15 Å². The molecule has 3 fully saturated rings. The number of amides is 3. The van der Waals surface area contributed by atoms with Gasteiger partial charge in [0.1, 0.15) is 35.2 Å². The highest BCUT2D eigenvalue weighted by Gasteiger charge is 2.30. The minimum absolute atomic E-state index is 0.0142. The number of nitrogens with one attached hydrogen (secondary N) is 3. The average molecular weight is 1130 g/mol. The van der Waals surface area contributed by atoms with E-state index in [-0.39, 0.29) is 41.4 Å². The van der Waals surface area contributed by atoms with Gasteiger partial charge in [-0.3, -0.25) is 14.4 Å². The number of pyridine rings is 3. The van der Waals surface area contributed by atoms with E-state index in [9.17, 15) is 19.2 Å². The summed E-state index contributed by atoms with van der Waals surface area (Å²) in [5.74, 6) is 3.11. The smallest absolute Gasteiger partial charge is 0.410 e. The number of anilines is 4. The summed E-state index contributed by atoms with van der Waals surface area (Å²) in [5.41, 5.74) is 9.07. The van der Waals surface area contributed by atoms with Crippen LogP contribution >= 0.6 is 11.6 Å². The number of likely N-dealkylation sites (tertiary alicyclic amines) is 1. The fourth-order valence-corrected chi connectivity index (χ4v) is 7.98. The number of nitrogens with zero attached hydrogens (tertiary/aromatic N) is 11. The van der Waals surface area contributed by atoms with E-state index >= 15 is 0 Å². The van der Waals surface area contributed by atoms with Gasteiger partial charge in [-0.05, 0) is 149 Å². The van der Waals surface area contributed by atoms with Crippen molar-refractivity contribution in [2.75, 3.05) is 60.5 Å². The van der Waals surface area contributed by atoms with Gasteiger partial charge >= 0.3 is 12.1 Å². The largest absolute Gasteiger partial charge is 0.481 e. The zero-order valence-electron chi connectivity index (χ0n) is 48.8.